The molecule has 2 aliphatic rings. The number of ether oxygens (including phenoxy) is 1. The Bertz CT molecular complexity index is 290. The van der Waals surface area contributed by atoms with E-state index in [1.807, 2.05) is 0 Å². The lowest BCUT2D eigenvalue weighted by atomic mass is 10.5. The second kappa shape index (κ2) is 4.08. The summed E-state index contributed by atoms with van der Waals surface area (Å²) >= 11 is 0. The Balaban J connectivity index is 0.000000133. The van der Waals surface area contributed by atoms with E-state index in [9.17, 15) is 4.79 Å². The third-order valence-electron chi connectivity index (χ3n) is 2.08. The van der Waals surface area contributed by atoms with Gasteiger partial charge in [-0.05, 0) is 23.6 Å². The van der Waals surface area contributed by atoms with Crippen LogP contribution in [0.1, 0.15) is 18.9 Å². The summed E-state index contributed by atoms with van der Waals surface area (Å²) in [5, 5.41) is 0. The Morgan fingerprint density at radius 1 is 1.38 bits per heavy atom. The second-order valence-corrected chi connectivity index (χ2v) is 2.91. The summed E-state index contributed by atoms with van der Waals surface area (Å²) in [5.74, 6) is -0.157. The first-order chi connectivity index (χ1) is 6.20. The Kier molecular flexibility index (Phi) is 3.07. The average Bonchev–Trinajstić information content (AvgIpc) is 2.63. The van der Waals surface area contributed by atoms with Crippen molar-refractivity contribution in [3.8, 4) is 11.1 Å². The standard InChI is InChI=1S/C7H6.C4H8O2/c1-5-6-3-2-4-7(5)6;1-3-4(5)6-2/h2-4H,1H3;3H2,1-2H3. The van der Waals surface area contributed by atoms with Crippen LogP contribution in [0.4, 0.5) is 0 Å². The van der Waals surface area contributed by atoms with Crippen molar-refractivity contribution in [3.63, 3.8) is 0 Å². The van der Waals surface area contributed by atoms with Crippen LogP contribution in [0, 0.1) is 6.92 Å². The number of carbonyl (C=O) groups excluding carboxylic acids is 1. The van der Waals surface area contributed by atoms with Gasteiger partial charge in [-0.3, -0.25) is 4.79 Å². The highest BCUT2D eigenvalue weighted by Crippen LogP contribution is 2.40. The normalized spacial score (nSPS) is 9.77. The Morgan fingerprint density at radius 3 is 2.08 bits per heavy atom. The third kappa shape index (κ3) is 2.31. The summed E-state index contributed by atoms with van der Waals surface area (Å²) in [7, 11) is 1.38. The zero-order valence-electron chi connectivity index (χ0n) is 8.26. The lowest BCUT2D eigenvalue weighted by Crippen LogP contribution is -1.94. The van der Waals surface area contributed by atoms with Crippen LogP contribution in [-0.2, 0) is 9.53 Å². The summed E-state index contributed by atoms with van der Waals surface area (Å²) in [6.07, 6.45) is 0.469. The van der Waals surface area contributed by atoms with E-state index in [0.29, 0.717) is 6.42 Å². The van der Waals surface area contributed by atoms with E-state index < -0.39 is 0 Å². The number of carbonyl (C=O) groups is 1. The molecule has 0 N–H and O–H groups in total. The summed E-state index contributed by atoms with van der Waals surface area (Å²) in [5.41, 5.74) is 4.43. The van der Waals surface area contributed by atoms with Gasteiger partial charge in [0, 0.05) is 6.42 Å². The number of hydrogen-bond donors (Lipinski definition) is 0. The molecule has 0 bridgehead atoms. The van der Waals surface area contributed by atoms with Crippen LogP contribution < -0.4 is 0 Å². The van der Waals surface area contributed by atoms with Crippen molar-refractivity contribution in [2.45, 2.75) is 20.3 Å². The minimum atomic E-state index is -0.157. The highest BCUT2D eigenvalue weighted by molar-refractivity contribution is 5.88. The number of rotatable bonds is 1. The fourth-order valence-corrected chi connectivity index (χ4v) is 1.14. The number of aryl methyl sites for hydroxylation is 1. The summed E-state index contributed by atoms with van der Waals surface area (Å²) in [6, 6.07) is 6.41. The zero-order valence-corrected chi connectivity index (χ0v) is 8.26. The molecule has 0 heterocycles. The molecular weight excluding hydrogens is 164 g/mol. The van der Waals surface area contributed by atoms with E-state index in [0.717, 1.165) is 0 Å². The van der Waals surface area contributed by atoms with Crippen LogP contribution in [0.3, 0.4) is 0 Å². The number of fused-ring (bicyclic) bond motifs is 1. The molecule has 2 nitrogen and oxygen atoms in total. The maximum atomic E-state index is 9.96. The largest absolute Gasteiger partial charge is 0.469 e. The van der Waals surface area contributed by atoms with E-state index in [4.69, 9.17) is 0 Å². The lowest BCUT2D eigenvalue weighted by Gasteiger charge is -1.87. The van der Waals surface area contributed by atoms with Crippen molar-refractivity contribution in [1.82, 2.24) is 0 Å². The number of benzene rings is 1. The predicted octanol–water partition coefficient (Wildman–Crippen LogP) is 2.54. The van der Waals surface area contributed by atoms with Gasteiger partial charge in [0.05, 0.1) is 7.11 Å². The maximum Gasteiger partial charge on any atom is 0.305 e. The molecule has 2 rings (SSSR count). The fourth-order valence-electron chi connectivity index (χ4n) is 1.14. The molecule has 0 fully saturated rings. The highest BCUT2D eigenvalue weighted by Gasteiger charge is 2.17. The molecule has 0 saturated carbocycles. The predicted molar refractivity (Wildman–Crippen MR) is 52.5 cm³/mol. The van der Waals surface area contributed by atoms with Crippen LogP contribution in [0.25, 0.3) is 11.1 Å². The summed E-state index contributed by atoms with van der Waals surface area (Å²) < 4.78 is 4.26. The van der Waals surface area contributed by atoms with Gasteiger partial charge >= 0.3 is 5.97 Å². The van der Waals surface area contributed by atoms with Gasteiger partial charge in [0.15, 0.2) is 0 Å². The van der Waals surface area contributed by atoms with E-state index in [1.165, 1.54) is 23.8 Å². The minimum absolute atomic E-state index is 0.157. The molecule has 0 aliphatic heterocycles. The van der Waals surface area contributed by atoms with E-state index in [1.54, 1.807) is 6.92 Å². The Morgan fingerprint density at radius 2 is 1.92 bits per heavy atom. The van der Waals surface area contributed by atoms with Crippen molar-refractivity contribution in [2.75, 3.05) is 7.11 Å². The molecule has 0 spiro atoms. The van der Waals surface area contributed by atoms with Gasteiger partial charge in [0.1, 0.15) is 0 Å². The monoisotopic (exact) mass is 178 g/mol. The Labute approximate surface area is 78.5 Å². The molecule has 70 valence electrons. The van der Waals surface area contributed by atoms with E-state index in [2.05, 4.69) is 29.9 Å². The van der Waals surface area contributed by atoms with E-state index in [-0.39, 0.29) is 5.97 Å². The molecule has 0 aromatic heterocycles. The highest BCUT2D eigenvalue weighted by atomic mass is 16.5. The molecular formula is C11H14O2. The van der Waals surface area contributed by atoms with Crippen LogP contribution in [0.5, 0.6) is 0 Å². The minimum Gasteiger partial charge on any atom is -0.469 e. The average molecular weight is 178 g/mol. The lowest BCUT2D eigenvalue weighted by molar-refractivity contribution is -0.140. The van der Waals surface area contributed by atoms with Crippen molar-refractivity contribution in [1.29, 1.82) is 0 Å². The molecule has 2 heteroatoms. The molecule has 0 atom stereocenters. The van der Waals surface area contributed by atoms with Gasteiger partial charge in [0.2, 0.25) is 0 Å². The molecule has 13 heavy (non-hydrogen) atoms. The van der Waals surface area contributed by atoms with Crippen LogP contribution in [0.2, 0.25) is 0 Å². The first-order valence-corrected chi connectivity index (χ1v) is 4.37. The van der Waals surface area contributed by atoms with Gasteiger partial charge in [-0.1, -0.05) is 25.1 Å². The molecule has 0 aromatic rings. The second-order valence-electron chi connectivity index (χ2n) is 2.91. The first-order valence-electron chi connectivity index (χ1n) is 4.37. The third-order valence-corrected chi connectivity index (χ3v) is 2.08. The fraction of sp³-hybridized carbons (Fsp3) is 0.364. The molecule has 0 unspecified atom stereocenters. The first kappa shape index (κ1) is 9.78. The molecule has 0 aromatic carbocycles. The van der Waals surface area contributed by atoms with Crippen molar-refractivity contribution < 1.29 is 9.53 Å². The SMILES string of the molecule is CCC(=O)OC.Cc1c2cccc1-2. The number of esters is 1. The van der Waals surface area contributed by atoms with E-state index >= 15 is 0 Å². The smallest absolute Gasteiger partial charge is 0.305 e. The topological polar surface area (TPSA) is 26.3 Å². The van der Waals surface area contributed by atoms with Gasteiger partial charge < -0.3 is 4.74 Å². The summed E-state index contributed by atoms with van der Waals surface area (Å²) in [6.45, 7) is 3.91. The Hall–Kier alpha value is -1.31. The zero-order chi connectivity index (χ0) is 9.84. The molecule has 2 aliphatic carbocycles. The van der Waals surface area contributed by atoms with Gasteiger partial charge in [-0.15, -0.1) is 0 Å². The summed E-state index contributed by atoms with van der Waals surface area (Å²) in [4.78, 5) is 9.96. The van der Waals surface area contributed by atoms with Gasteiger partial charge in [-0.2, -0.15) is 0 Å². The van der Waals surface area contributed by atoms with Crippen molar-refractivity contribution in [2.24, 2.45) is 0 Å². The van der Waals surface area contributed by atoms with Gasteiger partial charge in [0.25, 0.3) is 0 Å². The molecule has 0 saturated heterocycles. The number of methoxy groups -OCH3 is 1. The van der Waals surface area contributed by atoms with Crippen molar-refractivity contribution in [3.05, 3.63) is 23.8 Å². The van der Waals surface area contributed by atoms with Gasteiger partial charge in [-0.25, -0.2) is 0 Å². The maximum absolute atomic E-state index is 9.96. The van der Waals surface area contributed by atoms with Crippen LogP contribution >= 0.6 is 0 Å². The van der Waals surface area contributed by atoms with Crippen molar-refractivity contribution >= 4 is 5.97 Å². The molecule has 0 amide bonds. The number of hydrogen-bond acceptors (Lipinski definition) is 2. The molecule has 0 radical (unpaired) electrons. The van der Waals surface area contributed by atoms with Crippen LogP contribution in [-0.4, -0.2) is 13.1 Å². The van der Waals surface area contributed by atoms with Crippen LogP contribution in [0.15, 0.2) is 18.2 Å². The quantitative estimate of drug-likeness (QED) is 0.627.